The van der Waals surface area contributed by atoms with Crippen molar-refractivity contribution >= 4 is 5.78 Å². The Morgan fingerprint density at radius 2 is 2.36 bits per heavy atom. The number of aromatic nitrogens is 2. The molecule has 11 heavy (non-hydrogen) atoms. The van der Waals surface area contributed by atoms with Crippen LogP contribution in [0.1, 0.15) is 25.1 Å². The molecule has 0 N–H and O–H groups in total. The Morgan fingerprint density at radius 1 is 1.64 bits per heavy atom. The van der Waals surface area contributed by atoms with Crippen LogP contribution in [0.2, 0.25) is 0 Å². The van der Waals surface area contributed by atoms with Crippen molar-refractivity contribution in [1.82, 2.24) is 10.1 Å². The van der Waals surface area contributed by atoms with Crippen LogP contribution in [0.15, 0.2) is 4.52 Å². The third kappa shape index (κ3) is 2.14. The Labute approximate surface area is 64.6 Å². The molecule has 1 rings (SSSR count). The van der Waals surface area contributed by atoms with Crippen molar-refractivity contribution in [2.24, 2.45) is 0 Å². The topological polar surface area (TPSA) is 56.0 Å². The minimum Gasteiger partial charge on any atom is -0.340 e. The van der Waals surface area contributed by atoms with E-state index in [4.69, 9.17) is 4.52 Å². The monoisotopic (exact) mass is 154 g/mol. The van der Waals surface area contributed by atoms with Gasteiger partial charge in [0.1, 0.15) is 5.78 Å². The molecule has 0 fully saturated rings. The van der Waals surface area contributed by atoms with Gasteiger partial charge in [-0.05, 0) is 0 Å². The molecule has 0 aliphatic rings. The maximum atomic E-state index is 10.9. The number of hydrogen-bond donors (Lipinski definition) is 0. The van der Waals surface area contributed by atoms with Gasteiger partial charge in [-0.3, -0.25) is 4.79 Å². The molecule has 0 radical (unpaired) electrons. The third-order valence-corrected chi connectivity index (χ3v) is 1.32. The fourth-order valence-electron chi connectivity index (χ4n) is 0.714. The first-order valence-electron chi connectivity index (χ1n) is 3.53. The molecule has 0 aliphatic heterocycles. The minimum atomic E-state index is 0.130. The number of carbonyl (C=O) groups excluding carboxylic acids is 1. The van der Waals surface area contributed by atoms with Crippen LogP contribution in [0.25, 0.3) is 0 Å². The second-order valence-corrected chi connectivity index (χ2v) is 2.30. The summed E-state index contributed by atoms with van der Waals surface area (Å²) in [7, 11) is 0. The lowest BCUT2D eigenvalue weighted by atomic mass is 10.2. The van der Waals surface area contributed by atoms with E-state index < -0.39 is 0 Å². The molecule has 0 saturated heterocycles. The SMILES string of the molecule is CCC(=O)Cc1noc(C)n1. The fourth-order valence-corrected chi connectivity index (χ4v) is 0.714. The van der Waals surface area contributed by atoms with E-state index in [0.717, 1.165) is 0 Å². The lowest BCUT2D eigenvalue weighted by Crippen LogP contribution is -2.01. The lowest BCUT2D eigenvalue weighted by Gasteiger charge is -1.87. The van der Waals surface area contributed by atoms with Crippen LogP contribution in [0.3, 0.4) is 0 Å². The summed E-state index contributed by atoms with van der Waals surface area (Å²) in [6.07, 6.45) is 0.807. The van der Waals surface area contributed by atoms with Crippen LogP contribution in [-0.4, -0.2) is 15.9 Å². The molecule has 0 unspecified atom stereocenters. The van der Waals surface area contributed by atoms with Gasteiger partial charge in [0.15, 0.2) is 5.82 Å². The lowest BCUT2D eigenvalue weighted by molar-refractivity contribution is -0.118. The predicted molar refractivity (Wildman–Crippen MR) is 38.0 cm³/mol. The smallest absolute Gasteiger partial charge is 0.223 e. The summed E-state index contributed by atoms with van der Waals surface area (Å²) in [6, 6.07) is 0. The Kier molecular flexibility index (Phi) is 2.36. The zero-order valence-electron chi connectivity index (χ0n) is 6.63. The molecule has 4 nitrogen and oxygen atoms in total. The number of rotatable bonds is 3. The van der Waals surface area contributed by atoms with Crippen LogP contribution < -0.4 is 0 Å². The molecule has 0 bridgehead atoms. The van der Waals surface area contributed by atoms with Crippen LogP contribution in [0.4, 0.5) is 0 Å². The van der Waals surface area contributed by atoms with Crippen molar-refractivity contribution in [1.29, 1.82) is 0 Å². The van der Waals surface area contributed by atoms with E-state index in [1.54, 1.807) is 6.92 Å². The molecule has 1 aromatic heterocycles. The van der Waals surface area contributed by atoms with Crippen molar-refractivity contribution < 1.29 is 9.32 Å². The number of hydrogen-bond acceptors (Lipinski definition) is 4. The van der Waals surface area contributed by atoms with Gasteiger partial charge in [0.25, 0.3) is 0 Å². The number of nitrogens with zero attached hydrogens (tertiary/aromatic N) is 2. The first-order valence-corrected chi connectivity index (χ1v) is 3.53. The quantitative estimate of drug-likeness (QED) is 0.649. The second-order valence-electron chi connectivity index (χ2n) is 2.30. The normalized spacial score (nSPS) is 10.0. The minimum absolute atomic E-state index is 0.130. The first-order chi connectivity index (χ1) is 5.22. The maximum Gasteiger partial charge on any atom is 0.223 e. The summed E-state index contributed by atoms with van der Waals surface area (Å²) >= 11 is 0. The fraction of sp³-hybridized carbons (Fsp3) is 0.571. The Balaban J connectivity index is 2.57. The molecule has 60 valence electrons. The summed E-state index contributed by atoms with van der Waals surface area (Å²) < 4.78 is 4.70. The molecular formula is C7H10N2O2. The third-order valence-electron chi connectivity index (χ3n) is 1.32. The van der Waals surface area contributed by atoms with Crippen molar-refractivity contribution in [3.63, 3.8) is 0 Å². The summed E-state index contributed by atoms with van der Waals surface area (Å²) in [5, 5.41) is 3.60. The van der Waals surface area contributed by atoms with Gasteiger partial charge in [-0.25, -0.2) is 0 Å². The van der Waals surface area contributed by atoms with Gasteiger partial charge in [-0.2, -0.15) is 4.98 Å². The zero-order chi connectivity index (χ0) is 8.27. The first kappa shape index (κ1) is 7.91. The van der Waals surface area contributed by atoms with E-state index in [1.807, 2.05) is 6.92 Å². The van der Waals surface area contributed by atoms with Crippen molar-refractivity contribution in [2.45, 2.75) is 26.7 Å². The van der Waals surface area contributed by atoms with E-state index in [9.17, 15) is 4.79 Å². The number of aryl methyl sites for hydroxylation is 1. The van der Waals surface area contributed by atoms with E-state index in [-0.39, 0.29) is 12.2 Å². The van der Waals surface area contributed by atoms with Crippen molar-refractivity contribution in [3.8, 4) is 0 Å². The summed E-state index contributed by atoms with van der Waals surface area (Å²) in [5.41, 5.74) is 0. The highest BCUT2D eigenvalue weighted by Gasteiger charge is 2.06. The van der Waals surface area contributed by atoms with E-state index >= 15 is 0 Å². The summed E-state index contributed by atoms with van der Waals surface area (Å²) in [6.45, 7) is 3.52. The van der Waals surface area contributed by atoms with Gasteiger partial charge in [-0.15, -0.1) is 0 Å². The molecule has 4 heteroatoms. The average molecular weight is 154 g/mol. The van der Waals surface area contributed by atoms with E-state index in [2.05, 4.69) is 10.1 Å². The van der Waals surface area contributed by atoms with Gasteiger partial charge in [0, 0.05) is 13.3 Å². The van der Waals surface area contributed by atoms with Crippen molar-refractivity contribution in [2.75, 3.05) is 0 Å². The molecule has 0 spiro atoms. The number of ketones is 1. The summed E-state index contributed by atoms with van der Waals surface area (Å²) in [5.74, 6) is 1.11. The highest BCUT2D eigenvalue weighted by molar-refractivity contribution is 5.79. The zero-order valence-corrected chi connectivity index (χ0v) is 6.63. The van der Waals surface area contributed by atoms with Gasteiger partial charge >= 0.3 is 0 Å². The second kappa shape index (κ2) is 3.27. The Morgan fingerprint density at radius 3 is 2.82 bits per heavy atom. The maximum absolute atomic E-state index is 10.9. The molecule has 1 aromatic rings. The molecule has 1 heterocycles. The molecule has 0 aromatic carbocycles. The van der Waals surface area contributed by atoms with Crippen LogP contribution in [0.5, 0.6) is 0 Å². The van der Waals surface area contributed by atoms with Gasteiger partial charge in [0.05, 0.1) is 6.42 Å². The highest BCUT2D eigenvalue weighted by atomic mass is 16.5. The average Bonchev–Trinajstić information content (AvgIpc) is 2.35. The predicted octanol–water partition coefficient (Wildman–Crippen LogP) is 0.900. The van der Waals surface area contributed by atoms with Crippen LogP contribution in [0, 0.1) is 6.92 Å². The van der Waals surface area contributed by atoms with Gasteiger partial charge < -0.3 is 4.52 Å². The molecule has 0 aliphatic carbocycles. The molecule has 0 atom stereocenters. The summed E-state index contributed by atoms with van der Waals surface area (Å²) in [4.78, 5) is 14.8. The van der Waals surface area contributed by atoms with Crippen molar-refractivity contribution in [3.05, 3.63) is 11.7 Å². The molecule has 0 amide bonds. The van der Waals surface area contributed by atoms with Gasteiger partial charge in [-0.1, -0.05) is 12.1 Å². The van der Waals surface area contributed by atoms with Crippen LogP contribution in [-0.2, 0) is 11.2 Å². The van der Waals surface area contributed by atoms with Crippen LogP contribution >= 0.6 is 0 Å². The molecular weight excluding hydrogens is 144 g/mol. The highest BCUT2D eigenvalue weighted by Crippen LogP contribution is 1.97. The van der Waals surface area contributed by atoms with E-state index in [1.165, 1.54) is 0 Å². The van der Waals surface area contributed by atoms with E-state index in [0.29, 0.717) is 18.1 Å². The molecule has 0 saturated carbocycles. The Bertz CT molecular complexity index is 255. The largest absolute Gasteiger partial charge is 0.340 e. The Hall–Kier alpha value is -1.19. The number of Topliss-reactive ketones (excluding diaryl/α,β-unsaturated/α-hetero) is 1. The number of carbonyl (C=O) groups is 1. The standard InChI is InChI=1S/C7H10N2O2/c1-3-6(10)4-7-8-5(2)11-9-7/h3-4H2,1-2H3. The van der Waals surface area contributed by atoms with Gasteiger partial charge in [0.2, 0.25) is 5.89 Å².